The van der Waals surface area contributed by atoms with Gasteiger partial charge in [0.15, 0.2) is 0 Å². The lowest BCUT2D eigenvalue weighted by Gasteiger charge is -2.21. The number of carbonyl (C=O) groups is 1. The number of thiol groups is 1. The number of nitrogens with zero attached hydrogens (tertiary/aromatic N) is 3. The van der Waals surface area contributed by atoms with Crippen molar-refractivity contribution in [1.82, 2.24) is 15.1 Å². The van der Waals surface area contributed by atoms with Gasteiger partial charge in [-0.25, -0.2) is 12.7 Å². The van der Waals surface area contributed by atoms with E-state index < -0.39 is 10.9 Å². The smallest absolute Gasteiger partial charge is 0.251 e. The highest BCUT2D eigenvalue weighted by molar-refractivity contribution is 7.74. The van der Waals surface area contributed by atoms with Gasteiger partial charge in [-0.1, -0.05) is 23.8 Å². The largest absolute Gasteiger partial charge is 0.346 e. The molecule has 3 aromatic rings. The lowest BCUT2D eigenvalue weighted by Crippen LogP contribution is -2.24. The van der Waals surface area contributed by atoms with E-state index >= 15 is 0 Å². The van der Waals surface area contributed by atoms with Gasteiger partial charge in [0, 0.05) is 18.8 Å². The van der Waals surface area contributed by atoms with Crippen LogP contribution in [-0.4, -0.2) is 24.1 Å². The maximum Gasteiger partial charge on any atom is 0.251 e. The number of rotatable bonds is 6. The fourth-order valence-electron chi connectivity index (χ4n) is 2.83. The first-order valence-electron chi connectivity index (χ1n) is 8.73. The minimum absolute atomic E-state index is 0.285. The quantitative estimate of drug-likeness (QED) is 0.625. The minimum atomic E-state index is -2.93. The van der Waals surface area contributed by atoms with Gasteiger partial charge in [-0.2, -0.15) is 5.10 Å². The summed E-state index contributed by atoms with van der Waals surface area (Å²) < 4.78 is 26.9. The molecule has 1 aromatic heterocycles. The van der Waals surface area contributed by atoms with Crippen LogP contribution in [0.2, 0.25) is 0 Å². The molecular formula is C20H22N4O3S. The summed E-state index contributed by atoms with van der Waals surface area (Å²) in [5, 5.41) is 6.90. The maximum atomic E-state index is 12.6. The van der Waals surface area contributed by atoms with Gasteiger partial charge in [0.1, 0.15) is 0 Å². The molecule has 0 radical (unpaired) electrons. The lowest BCUT2D eigenvalue weighted by atomic mass is 10.1. The van der Waals surface area contributed by atoms with Crippen LogP contribution in [0.5, 0.6) is 0 Å². The van der Waals surface area contributed by atoms with Crippen molar-refractivity contribution in [1.29, 1.82) is 0 Å². The van der Waals surface area contributed by atoms with Crippen LogP contribution in [0.4, 0.5) is 11.4 Å². The van der Waals surface area contributed by atoms with E-state index in [-0.39, 0.29) is 5.91 Å². The molecule has 0 spiro atoms. The number of anilines is 2. The molecule has 2 aromatic carbocycles. The predicted octanol–water partition coefficient (Wildman–Crippen LogP) is 2.63. The molecule has 1 heterocycles. The molecule has 0 aliphatic heterocycles. The Morgan fingerprint density at radius 1 is 1.11 bits per heavy atom. The second-order valence-corrected chi connectivity index (χ2v) is 7.39. The SMILES string of the molecule is Cc1ccc(N(c2cc(C(=O)NCc3ccnn3C)ccc2C)[SH](=O)=O)cc1. The van der Waals surface area contributed by atoms with Gasteiger partial charge in [-0.3, -0.25) is 9.48 Å². The number of aromatic nitrogens is 2. The summed E-state index contributed by atoms with van der Waals surface area (Å²) in [6, 6.07) is 14.0. The van der Waals surface area contributed by atoms with Crippen LogP contribution in [-0.2, 0) is 24.5 Å². The second-order valence-electron chi connectivity index (χ2n) is 6.52. The van der Waals surface area contributed by atoms with Crippen LogP contribution in [0.1, 0.15) is 27.2 Å². The molecule has 0 saturated heterocycles. The van der Waals surface area contributed by atoms with Gasteiger partial charge >= 0.3 is 0 Å². The van der Waals surface area contributed by atoms with E-state index in [2.05, 4.69) is 10.4 Å². The van der Waals surface area contributed by atoms with Gasteiger partial charge < -0.3 is 5.32 Å². The first-order chi connectivity index (χ1) is 13.4. The van der Waals surface area contributed by atoms with E-state index in [4.69, 9.17) is 0 Å². The summed E-state index contributed by atoms with van der Waals surface area (Å²) in [7, 11) is -1.12. The molecule has 1 N–H and O–H groups in total. The Balaban J connectivity index is 1.90. The van der Waals surface area contributed by atoms with Crippen molar-refractivity contribution < 1.29 is 13.2 Å². The Labute approximate surface area is 165 Å². The summed E-state index contributed by atoms with van der Waals surface area (Å²) in [5.74, 6) is -0.285. The topological polar surface area (TPSA) is 84.3 Å². The van der Waals surface area contributed by atoms with Crippen LogP contribution in [0.15, 0.2) is 54.7 Å². The highest BCUT2D eigenvalue weighted by Gasteiger charge is 2.17. The zero-order valence-electron chi connectivity index (χ0n) is 15.9. The fraction of sp³-hybridized carbons (Fsp3) is 0.200. The molecule has 0 aliphatic rings. The summed E-state index contributed by atoms with van der Waals surface area (Å²) in [4.78, 5) is 12.6. The van der Waals surface area contributed by atoms with Crippen molar-refractivity contribution in [2.24, 2.45) is 7.05 Å². The molecule has 28 heavy (non-hydrogen) atoms. The van der Waals surface area contributed by atoms with Gasteiger partial charge in [-0.05, 0) is 49.7 Å². The van der Waals surface area contributed by atoms with Crippen molar-refractivity contribution in [2.45, 2.75) is 20.4 Å². The Bertz CT molecular complexity index is 1060. The Hall–Kier alpha value is -3.13. The first-order valence-corrected chi connectivity index (χ1v) is 9.86. The molecule has 1 amide bonds. The zero-order valence-corrected chi connectivity index (χ0v) is 16.8. The molecule has 146 valence electrons. The molecule has 0 atom stereocenters. The van der Waals surface area contributed by atoms with E-state index in [0.29, 0.717) is 23.5 Å². The van der Waals surface area contributed by atoms with Crippen LogP contribution < -0.4 is 9.62 Å². The Morgan fingerprint density at radius 3 is 2.43 bits per heavy atom. The zero-order chi connectivity index (χ0) is 20.3. The van der Waals surface area contributed by atoms with Gasteiger partial charge in [0.25, 0.3) is 5.91 Å². The maximum absolute atomic E-state index is 12.6. The summed E-state index contributed by atoms with van der Waals surface area (Å²) in [6.45, 7) is 4.08. The lowest BCUT2D eigenvalue weighted by molar-refractivity contribution is 0.0950. The third-order valence-corrected chi connectivity index (χ3v) is 5.27. The van der Waals surface area contributed by atoms with Crippen LogP contribution >= 0.6 is 0 Å². The number of hydrogen-bond donors (Lipinski definition) is 2. The average Bonchev–Trinajstić information content (AvgIpc) is 3.07. The third kappa shape index (κ3) is 4.23. The monoisotopic (exact) mass is 398 g/mol. The molecule has 0 saturated carbocycles. The van der Waals surface area contributed by atoms with Crippen LogP contribution in [0.25, 0.3) is 0 Å². The molecule has 7 nitrogen and oxygen atoms in total. The van der Waals surface area contributed by atoms with Gasteiger partial charge in [-0.15, -0.1) is 0 Å². The van der Waals surface area contributed by atoms with E-state index in [1.165, 1.54) is 4.31 Å². The van der Waals surface area contributed by atoms with E-state index in [1.54, 1.807) is 48.3 Å². The summed E-state index contributed by atoms with van der Waals surface area (Å²) in [5.41, 5.74) is 4.01. The number of benzene rings is 2. The molecular weight excluding hydrogens is 376 g/mol. The second kappa shape index (κ2) is 8.26. The number of nitrogens with one attached hydrogen (secondary N) is 1. The van der Waals surface area contributed by atoms with Crippen molar-refractivity contribution in [2.75, 3.05) is 4.31 Å². The molecule has 0 fully saturated rings. The van der Waals surface area contributed by atoms with Crippen molar-refractivity contribution >= 4 is 28.2 Å². The number of amides is 1. The van der Waals surface area contributed by atoms with Gasteiger partial charge in [0.05, 0.1) is 23.6 Å². The average molecular weight is 398 g/mol. The number of aryl methyl sites for hydroxylation is 3. The van der Waals surface area contributed by atoms with Crippen LogP contribution in [0.3, 0.4) is 0 Å². The Morgan fingerprint density at radius 2 is 1.82 bits per heavy atom. The van der Waals surface area contributed by atoms with Crippen molar-refractivity contribution in [3.8, 4) is 0 Å². The van der Waals surface area contributed by atoms with E-state index in [0.717, 1.165) is 16.8 Å². The predicted molar refractivity (Wildman–Crippen MR) is 109 cm³/mol. The first kappa shape index (κ1) is 19.6. The van der Waals surface area contributed by atoms with Gasteiger partial charge in [0.2, 0.25) is 10.9 Å². The minimum Gasteiger partial charge on any atom is -0.346 e. The third-order valence-electron chi connectivity index (χ3n) is 4.49. The highest BCUT2D eigenvalue weighted by atomic mass is 32.2. The van der Waals surface area contributed by atoms with Crippen LogP contribution in [0, 0.1) is 13.8 Å². The molecule has 0 bridgehead atoms. The normalized spacial score (nSPS) is 10.9. The fourth-order valence-corrected chi connectivity index (χ4v) is 3.55. The summed E-state index contributed by atoms with van der Waals surface area (Å²) >= 11 is 0. The Kier molecular flexibility index (Phi) is 5.79. The standard InChI is InChI=1S/C20H22N4O3S/c1-14-4-8-17(9-5-14)24(28(26)27)19-12-16(7-6-15(19)2)20(25)21-13-18-10-11-22-23(18)3/h4-12,28H,13H2,1-3H3,(H,21,25). The highest BCUT2D eigenvalue weighted by Crippen LogP contribution is 2.30. The molecule has 0 unspecified atom stereocenters. The molecule has 0 aliphatic carbocycles. The van der Waals surface area contributed by atoms with Crippen molar-refractivity contribution in [3.63, 3.8) is 0 Å². The number of hydrogen-bond acceptors (Lipinski definition) is 4. The van der Waals surface area contributed by atoms with Crippen molar-refractivity contribution in [3.05, 3.63) is 77.1 Å². The number of carbonyl (C=O) groups excluding carboxylic acids is 1. The molecule has 8 heteroatoms. The molecule has 3 rings (SSSR count). The van der Waals surface area contributed by atoms with E-state index in [9.17, 15) is 13.2 Å². The van der Waals surface area contributed by atoms with E-state index in [1.807, 2.05) is 32.0 Å². The summed E-state index contributed by atoms with van der Waals surface area (Å²) in [6.07, 6.45) is 1.66.